The molecule has 44 heavy (non-hydrogen) atoms. The molecule has 2 amide bonds. The maximum Gasteiger partial charge on any atom is 0.313 e. The number of rotatable bonds is 7. The van der Waals surface area contributed by atoms with Crippen LogP contribution in [0, 0.1) is 5.92 Å². The summed E-state index contributed by atoms with van der Waals surface area (Å²) in [5.41, 5.74) is 2.05. The average Bonchev–Trinajstić information content (AvgIpc) is 3.68. The molecule has 1 aliphatic carbocycles. The Morgan fingerprint density at radius 3 is 2.45 bits per heavy atom. The number of hydrogen-bond acceptors (Lipinski definition) is 8. The third-order valence-electron chi connectivity index (χ3n) is 9.42. The van der Waals surface area contributed by atoms with Gasteiger partial charge in [-0.15, -0.1) is 5.10 Å². The van der Waals surface area contributed by atoms with Crippen LogP contribution in [-0.4, -0.2) is 121 Å². The number of hydrogen-bond donors (Lipinski definition) is 1. The Hall–Kier alpha value is -3.95. The van der Waals surface area contributed by atoms with Crippen molar-refractivity contribution in [1.29, 1.82) is 0 Å². The highest BCUT2D eigenvalue weighted by atomic mass is 19.3. The van der Waals surface area contributed by atoms with Gasteiger partial charge in [0.15, 0.2) is 5.65 Å². The Morgan fingerprint density at radius 1 is 1.05 bits per heavy atom. The number of piperazine rings is 2. The number of nitrogens with one attached hydrogen (secondary N) is 1. The number of carbonyl (C=O) groups excluding carboxylic acids is 2. The van der Waals surface area contributed by atoms with Gasteiger partial charge in [0.1, 0.15) is 6.54 Å². The van der Waals surface area contributed by atoms with Crippen LogP contribution in [0.5, 0.6) is 0 Å². The number of aromatic nitrogens is 5. The zero-order chi connectivity index (χ0) is 30.8. The lowest BCUT2D eigenvalue weighted by Crippen LogP contribution is -2.61. The van der Waals surface area contributed by atoms with E-state index in [4.69, 9.17) is 4.98 Å². The number of alkyl halides is 4. The minimum atomic E-state index is -4.14. The minimum absolute atomic E-state index is 0.0153. The molecule has 3 unspecified atom stereocenters. The number of likely N-dealkylation sites (N-methyl/N-ethyl adjacent to an activating group) is 1. The summed E-state index contributed by atoms with van der Waals surface area (Å²) in [5.74, 6) is -9.92. The van der Waals surface area contributed by atoms with Crippen LogP contribution in [0.3, 0.4) is 0 Å². The molecule has 236 valence electrons. The predicted octanol–water partition coefficient (Wildman–Crippen LogP) is 2.30. The van der Waals surface area contributed by atoms with Gasteiger partial charge in [0.2, 0.25) is 17.8 Å². The number of amides is 2. The molecule has 0 aromatic carbocycles. The summed E-state index contributed by atoms with van der Waals surface area (Å²) in [6, 6.07) is 3.37. The van der Waals surface area contributed by atoms with Gasteiger partial charge in [-0.2, -0.15) is 27.6 Å². The molecule has 16 heteroatoms. The van der Waals surface area contributed by atoms with Crippen molar-refractivity contribution < 1.29 is 27.2 Å². The zero-order valence-corrected chi connectivity index (χ0v) is 24.3. The fraction of sp³-hybridized carbons (Fsp3) is 0.607. The van der Waals surface area contributed by atoms with Gasteiger partial charge in [0.05, 0.1) is 17.6 Å². The summed E-state index contributed by atoms with van der Waals surface area (Å²) in [6.07, 6.45) is 5.03. The SMILES string of the molecule is CN1CCN(C(=O)Cn2cc(Nc3nc4c(N5CC6CCC(C5)N6C(=O)CC5CC(F)(F)C5(F)F)cccn4n3)cn2)CC1. The Balaban J connectivity index is 1.00. The first-order chi connectivity index (χ1) is 21.0. The van der Waals surface area contributed by atoms with Crippen LogP contribution >= 0.6 is 0 Å². The predicted molar refractivity (Wildman–Crippen MR) is 151 cm³/mol. The van der Waals surface area contributed by atoms with Crippen molar-refractivity contribution in [2.24, 2.45) is 5.92 Å². The lowest BCUT2D eigenvalue weighted by molar-refractivity contribution is -0.313. The smallest absolute Gasteiger partial charge is 0.313 e. The van der Waals surface area contributed by atoms with E-state index in [1.165, 1.54) is 0 Å². The van der Waals surface area contributed by atoms with Gasteiger partial charge < -0.3 is 24.9 Å². The molecule has 3 aromatic heterocycles. The highest BCUT2D eigenvalue weighted by Crippen LogP contribution is 2.56. The number of pyridine rings is 1. The van der Waals surface area contributed by atoms with E-state index in [2.05, 4.69) is 25.3 Å². The van der Waals surface area contributed by atoms with Gasteiger partial charge >= 0.3 is 11.8 Å². The molecule has 0 spiro atoms. The monoisotopic (exact) mass is 618 g/mol. The quantitative estimate of drug-likeness (QED) is 0.403. The van der Waals surface area contributed by atoms with Crippen molar-refractivity contribution in [1.82, 2.24) is 39.1 Å². The normalized spacial score (nSPS) is 26.2. The van der Waals surface area contributed by atoms with E-state index in [-0.39, 0.29) is 24.5 Å². The van der Waals surface area contributed by atoms with Crippen molar-refractivity contribution in [3.8, 4) is 0 Å². The van der Waals surface area contributed by atoms with E-state index in [1.807, 2.05) is 24.1 Å². The molecule has 1 saturated carbocycles. The Labute approximate surface area is 250 Å². The lowest BCUT2D eigenvalue weighted by atomic mass is 9.74. The van der Waals surface area contributed by atoms with Crippen LogP contribution in [0.15, 0.2) is 30.7 Å². The van der Waals surface area contributed by atoms with Gasteiger partial charge in [0.25, 0.3) is 0 Å². The maximum atomic E-state index is 13.9. The fourth-order valence-electron chi connectivity index (χ4n) is 6.89. The first kappa shape index (κ1) is 28.8. The van der Waals surface area contributed by atoms with E-state index in [0.29, 0.717) is 56.3 Å². The zero-order valence-electron chi connectivity index (χ0n) is 24.3. The summed E-state index contributed by atoms with van der Waals surface area (Å²) < 4.78 is 57.6. The van der Waals surface area contributed by atoms with Crippen LogP contribution in [0.4, 0.5) is 34.9 Å². The van der Waals surface area contributed by atoms with E-state index in [9.17, 15) is 27.2 Å². The molecule has 0 radical (unpaired) electrons. The number of anilines is 3. The lowest BCUT2D eigenvalue weighted by Gasteiger charge is -2.46. The maximum absolute atomic E-state index is 13.9. The first-order valence-electron chi connectivity index (χ1n) is 14.9. The second-order valence-corrected chi connectivity index (χ2v) is 12.4. The number of halogens is 4. The van der Waals surface area contributed by atoms with Crippen LogP contribution in [0.25, 0.3) is 5.65 Å². The van der Waals surface area contributed by atoms with Crippen molar-refractivity contribution in [3.05, 3.63) is 30.7 Å². The van der Waals surface area contributed by atoms with Gasteiger partial charge in [0, 0.05) is 82.5 Å². The summed E-state index contributed by atoms with van der Waals surface area (Å²) in [4.78, 5) is 38.2. The van der Waals surface area contributed by atoms with Gasteiger partial charge in [-0.3, -0.25) is 14.3 Å². The van der Waals surface area contributed by atoms with E-state index in [1.54, 1.807) is 32.7 Å². The topological polar surface area (TPSA) is 107 Å². The third kappa shape index (κ3) is 5.02. The summed E-state index contributed by atoms with van der Waals surface area (Å²) in [7, 11) is 2.04. The molecule has 2 bridgehead atoms. The molecule has 3 saturated heterocycles. The molecule has 1 N–H and O–H groups in total. The molecular formula is C28H34F4N10O2. The molecule has 6 heterocycles. The van der Waals surface area contributed by atoms with Crippen LogP contribution < -0.4 is 10.2 Å². The molecule has 12 nitrogen and oxygen atoms in total. The Morgan fingerprint density at radius 2 is 1.77 bits per heavy atom. The Kier molecular flexibility index (Phi) is 6.93. The minimum Gasteiger partial charge on any atom is -0.364 e. The summed E-state index contributed by atoms with van der Waals surface area (Å²) in [5, 5.41) is 12.0. The number of carbonyl (C=O) groups is 2. The largest absolute Gasteiger partial charge is 0.364 e. The van der Waals surface area contributed by atoms with E-state index in [0.717, 1.165) is 18.8 Å². The second kappa shape index (κ2) is 10.6. The molecule has 7 rings (SSSR count). The number of fused-ring (bicyclic) bond motifs is 3. The van der Waals surface area contributed by atoms with E-state index >= 15 is 0 Å². The molecule has 4 fully saturated rings. The van der Waals surface area contributed by atoms with Crippen molar-refractivity contribution in [2.75, 3.05) is 56.5 Å². The average molecular weight is 619 g/mol. The van der Waals surface area contributed by atoms with Gasteiger partial charge in [-0.1, -0.05) is 0 Å². The van der Waals surface area contributed by atoms with Crippen LogP contribution in [0.1, 0.15) is 25.7 Å². The second-order valence-electron chi connectivity index (χ2n) is 12.4. The van der Waals surface area contributed by atoms with Crippen LogP contribution in [-0.2, 0) is 16.1 Å². The highest BCUT2D eigenvalue weighted by molar-refractivity contribution is 5.79. The molecule has 3 aromatic rings. The first-order valence-corrected chi connectivity index (χ1v) is 14.9. The molecule has 3 atom stereocenters. The van der Waals surface area contributed by atoms with Crippen molar-refractivity contribution >= 4 is 34.8 Å². The van der Waals surface area contributed by atoms with Crippen molar-refractivity contribution in [3.63, 3.8) is 0 Å². The van der Waals surface area contributed by atoms with E-state index < -0.39 is 36.5 Å². The molecule has 4 aliphatic rings. The summed E-state index contributed by atoms with van der Waals surface area (Å²) in [6.45, 7) is 4.18. The van der Waals surface area contributed by atoms with Gasteiger partial charge in [-0.25, -0.2) is 4.52 Å². The fourth-order valence-corrected chi connectivity index (χ4v) is 6.89. The summed E-state index contributed by atoms with van der Waals surface area (Å²) >= 11 is 0. The van der Waals surface area contributed by atoms with Gasteiger partial charge in [-0.05, 0) is 32.0 Å². The molecule has 3 aliphatic heterocycles. The molecular weight excluding hydrogens is 584 g/mol. The highest BCUT2D eigenvalue weighted by Gasteiger charge is 2.71. The number of nitrogens with zero attached hydrogens (tertiary/aromatic N) is 9. The Bertz CT molecular complexity index is 1550. The standard InChI is InChI=1S/C28H34F4N10O2/c1-37-7-9-38(10-8-37)24(44)17-40-14-19(13-33-40)34-26-35-25-22(3-2-6-41(25)36-26)39-15-20-4-5-21(16-39)42(20)23(43)11-18-12-27(29,30)28(18,31)32/h2-3,6,13-14,18,20-21H,4-5,7-12,15-17H2,1H3,(H,34,36). The third-order valence-corrected chi connectivity index (χ3v) is 9.42. The van der Waals surface area contributed by atoms with Crippen molar-refractivity contribution in [2.45, 2.75) is 56.2 Å². The van der Waals surface area contributed by atoms with Crippen LogP contribution in [0.2, 0.25) is 0 Å².